The predicted octanol–water partition coefficient (Wildman–Crippen LogP) is 0.0903. The molecule has 0 radical (unpaired) electrons. The Kier molecular flexibility index (Phi) is 6.42. The Morgan fingerprint density at radius 1 is 1.08 bits per heavy atom. The molecule has 0 spiro atoms. The minimum absolute atomic E-state index is 0.139. The third kappa shape index (κ3) is 5.40. The first-order valence-corrected chi connectivity index (χ1v) is 8.19. The summed E-state index contributed by atoms with van der Waals surface area (Å²) in [6, 6.07) is 5.52. The summed E-state index contributed by atoms with van der Waals surface area (Å²) in [5.41, 5.74) is 5.92. The largest absolute Gasteiger partial charge is 0.366 e. The van der Waals surface area contributed by atoms with Crippen molar-refractivity contribution in [3.05, 3.63) is 48.0 Å². The highest BCUT2D eigenvalue weighted by atomic mass is 16.2. The predicted molar refractivity (Wildman–Crippen MR) is 94.1 cm³/mol. The summed E-state index contributed by atoms with van der Waals surface area (Å²) in [6.45, 7) is 4.05. The quantitative estimate of drug-likeness (QED) is 0.615. The van der Waals surface area contributed by atoms with Crippen LogP contribution in [0.3, 0.4) is 0 Å². The van der Waals surface area contributed by atoms with Crippen LogP contribution in [0.4, 0.5) is 0 Å². The van der Waals surface area contributed by atoms with Crippen LogP contribution in [0.25, 0.3) is 0 Å². The van der Waals surface area contributed by atoms with Crippen LogP contribution in [-0.2, 0) is 11.3 Å². The molecule has 0 saturated heterocycles. The van der Waals surface area contributed by atoms with Crippen molar-refractivity contribution in [2.75, 3.05) is 0 Å². The number of rotatable bonds is 8. The van der Waals surface area contributed by atoms with Crippen molar-refractivity contribution < 1.29 is 14.4 Å². The van der Waals surface area contributed by atoms with E-state index in [0.717, 1.165) is 0 Å². The normalized spacial score (nSPS) is 12.8. The van der Waals surface area contributed by atoms with E-state index in [2.05, 4.69) is 20.7 Å². The number of nitrogens with zero attached hydrogens (tertiary/aromatic N) is 3. The number of amides is 3. The Labute approximate surface area is 151 Å². The summed E-state index contributed by atoms with van der Waals surface area (Å²) in [5, 5.41) is 9.60. The van der Waals surface area contributed by atoms with Gasteiger partial charge in [-0.3, -0.25) is 19.1 Å². The fourth-order valence-corrected chi connectivity index (χ4v) is 2.22. The van der Waals surface area contributed by atoms with Gasteiger partial charge in [-0.1, -0.05) is 0 Å². The van der Waals surface area contributed by atoms with Crippen LogP contribution in [0.2, 0.25) is 0 Å². The average Bonchev–Trinajstić information content (AvgIpc) is 3.13. The SMILES string of the molecule is CC(NC(=O)CCn1cncn1)C(C)NC(=O)c1ccc(C(N)=O)cc1. The zero-order valence-corrected chi connectivity index (χ0v) is 14.7. The van der Waals surface area contributed by atoms with E-state index in [1.165, 1.54) is 30.6 Å². The molecule has 0 bridgehead atoms. The number of nitrogens with two attached hydrogens (primary N) is 1. The molecule has 26 heavy (non-hydrogen) atoms. The zero-order chi connectivity index (χ0) is 19.1. The number of nitrogens with one attached hydrogen (secondary N) is 2. The Hall–Kier alpha value is -3.23. The Morgan fingerprint density at radius 3 is 2.27 bits per heavy atom. The molecular weight excluding hydrogens is 336 g/mol. The van der Waals surface area contributed by atoms with Crippen molar-refractivity contribution in [3.8, 4) is 0 Å². The van der Waals surface area contributed by atoms with Gasteiger partial charge >= 0.3 is 0 Å². The molecule has 0 saturated carbocycles. The highest BCUT2D eigenvalue weighted by Gasteiger charge is 2.18. The van der Waals surface area contributed by atoms with Crippen LogP contribution in [0, 0.1) is 0 Å². The van der Waals surface area contributed by atoms with Gasteiger partial charge in [-0.25, -0.2) is 4.98 Å². The molecule has 2 unspecified atom stereocenters. The van der Waals surface area contributed by atoms with Crippen molar-refractivity contribution in [2.24, 2.45) is 5.73 Å². The molecule has 0 aliphatic rings. The second-order valence-electron chi connectivity index (χ2n) is 5.97. The van der Waals surface area contributed by atoms with Gasteiger partial charge in [0.15, 0.2) is 0 Å². The molecule has 2 rings (SSSR count). The highest BCUT2D eigenvalue weighted by Crippen LogP contribution is 2.05. The van der Waals surface area contributed by atoms with E-state index in [1.54, 1.807) is 17.9 Å². The smallest absolute Gasteiger partial charge is 0.251 e. The number of primary amides is 1. The van der Waals surface area contributed by atoms with Gasteiger partial charge in [0.2, 0.25) is 11.8 Å². The minimum Gasteiger partial charge on any atom is -0.366 e. The lowest BCUT2D eigenvalue weighted by molar-refractivity contribution is -0.122. The summed E-state index contributed by atoms with van der Waals surface area (Å²) in [5.74, 6) is -0.982. The van der Waals surface area contributed by atoms with Gasteiger partial charge in [-0.05, 0) is 38.1 Å². The second kappa shape index (κ2) is 8.75. The average molecular weight is 358 g/mol. The fourth-order valence-electron chi connectivity index (χ4n) is 2.22. The zero-order valence-electron chi connectivity index (χ0n) is 14.7. The Bertz CT molecular complexity index is 757. The summed E-state index contributed by atoms with van der Waals surface area (Å²) < 4.78 is 1.57. The van der Waals surface area contributed by atoms with Gasteiger partial charge in [0, 0.05) is 29.6 Å². The van der Waals surface area contributed by atoms with Gasteiger partial charge in [-0.15, -0.1) is 0 Å². The van der Waals surface area contributed by atoms with Crippen LogP contribution < -0.4 is 16.4 Å². The first-order valence-electron chi connectivity index (χ1n) is 8.19. The molecule has 1 aromatic carbocycles. The topological polar surface area (TPSA) is 132 Å². The number of aromatic nitrogens is 3. The summed E-state index contributed by atoms with van der Waals surface area (Å²) in [7, 11) is 0. The highest BCUT2D eigenvalue weighted by molar-refractivity contribution is 5.97. The number of hydrogen-bond donors (Lipinski definition) is 3. The van der Waals surface area contributed by atoms with Crippen molar-refractivity contribution in [1.82, 2.24) is 25.4 Å². The van der Waals surface area contributed by atoms with Crippen LogP contribution in [0.15, 0.2) is 36.9 Å². The third-order valence-corrected chi connectivity index (χ3v) is 3.96. The van der Waals surface area contributed by atoms with E-state index in [4.69, 9.17) is 5.73 Å². The number of benzene rings is 1. The summed E-state index contributed by atoms with van der Waals surface area (Å²) in [6.07, 6.45) is 3.22. The maximum Gasteiger partial charge on any atom is 0.251 e. The van der Waals surface area contributed by atoms with Crippen molar-refractivity contribution in [3.63, 3.8) is 0 Å². The van der Waals surface area contributed by atoms with Gasteiger partial charge in [0.1, 0.15) is 12.7 Å². The molecule has 9 heteroatoms. The minimum atomic E-state index is -0.549. The van der Waals surface area contributed by atoms with Gasteiger partial charge in [0.05, 0.1) is 6.54 Å². The lowest BCUT2D eigenvalue weighted by atomic mass is 10.1. The maximum atomic E-state index is 12.2. The van der Waals surface area contributed by atoms with E-state index in [0.29, 0.717) is 17.7 Å². The monoisotopic (exact) mass is 358 g/mol. The van der Waals surface area contributed by atoms with Crippen LogP contribution in [0.5, 0.6) is 0 Å². The molecule has 1 heterocycles. The molecule has 0 aliphatic heterocycles. The standard InChI is InChI=1S/C17H22N6O3/c1-11(21-15(24)7-8-23-10-19-9-20-23)12(2)22-17(26)14-5-3-13(4-6-14)16(18)25/h3-6,9-12H,7-8H2,1-2H3,(H2,18,25)(H,21,24)(H,22,26). The second-order valence-corrected chi connectivity index (χ2v) is 5.97. The lowest BCUT2D eigenvalue weighted by Gasteiger charge is -2.22. The molecule has 3 amide bonds. The van der Waals surface area contributed by atoms with Gasteiger partial charge in [0.25, 0.3) is 5.91 Å². The summed E-state index contributed by atoms with van der Waals surface area (Å²) in [4.78, 5) is 39.1. The molecule has 2 aromatic rings. The van der Waals surface area contributed by atoms with E-state index in [1.807, 2.05) is 6.92 Å². The number of hydrogen-bond acceptors (Lipinski definition) is 5. The first-order chi connectivity index (χ1) is 12.4. The van der Waals surface area contributed by atoms with Crippen LogP contribution in [-0.4, -0.2) is 44.6 Å². The number of carbonyl (C=O) groups is 3. The van der Waals surface area contributed by atoms with Gasteiger partial charge in [-0.2, -0.15) is 5.10 Å². The van der Waals surface area contributed by atoms with Crippen molar-refractivity contribution in [2.45, 2.75) is 38.9 Å². The lowest BCUT2D eigenvalue weighted by Crippen LogP contribution is -2.48. The van der Waals surface area contributed by atoms with Gasteiger partial charge < -0.3 is 16.4 Å². The Balaban J connectivity index is 1.81. The van der Waals surface area contributed by atoms with Crippen LogP contribution in [0.1, 0.15) is 41.0 Å². The molecule has 138 valence electrons. The van der Waals surface area contributed by atoms with Crippen molar-refractivity contribution >= 4 is 17.7 Å². The number of aryl methyl sites for hydroxylation is 1. The maximum absolute atomic E-state index is 12.2. The van der Waals surface area contributed by atoms with E-state index < -0.39 is 5.91 Å². The molecule has 2 atom stereocenters. The fraction of sp³-hybridized carbons (Fsp3) is 0.353. The summed E-state index contributed by atoms with van der Waals surface area (Å²) >= 11 is 0. The first kappa shape index (κ1) is 19.1. The van der Waals surface area contributed by atoms with E-state index in [9.17, 15) is 14.4 Å². The third-order valence-electron chi connectivity index (χ3n) is 3.96. The molecular formula is C17H22N6O3. The molecule has 4 N–H and O–H groups in total. The van der Waals surface area contributed by atoms with E-state index >= 15 is 0 Å². The molecule has 0 fully saturated rings. The Morgan fingerprint density at radius 2 is 1.69 bits per heavy atom. The molecule has 0 aliphatic carbocycles. The van der Waals surface area contributed by atoms with Crippen molar-refractivity contribution in [1.29, 1.82) is 0 Å². The number of carbonyl (C=O) groups excluding carboxylic acids is 3. The molecule has 1 aromatic heterocycles. The molecule has 9 nitrogen and oxygen atoms in total. The van der Waals surface area contributed by atoms with Crippen LogP contribution >= 0.6 is 0 Å². The van der Waals surface area contributed by atoms with E-state index in [-0.39, 0.29) is 30.3 Å².